The van der Waals surface area contributed by atoms with Crippen molar-refractivity contribution in [2.75, 3.05) is 6.61 Å². The average Bonchev–Trinajstić information content (AvgIpc) is 2.13. The van der Waals surface area contributed by atoms with Crippen molar-refractivity contribution >= 4 is 11.9 Å². The Labute approximate surface area is 90.0 Å². The molecule has 0 radical (unpaired) electrons. The molecule has 0 aliphatic heterocycles. The van der Waals surface area contributed by atoms with Gasteiger partial charge in [0.25, 0.3) is 0 Å². The molecule has 15 heavy (non-hydrogen) atoms. The van der Waals surface area contributed by atoms with E-state index in [1.807, 2.05) is 0 Å². The maximum Gasteiger partial charge on any atom is 0.336 e. The molecule has 0 aromatic rings. The maximum absolute atomic E-state index is 11.5. The number of amides is 1. The fourth-order valence-electron chi connectivity index (χ4n) is 1.09. The highest BCUT2D eigenvalue weighted by molar-refractivity contribution is 5.90. The number of allylic oxidation sites excluding steroid dienone is 2. The van der Waals surface area contributed by atoms with Crippen molar-refractivity contribution in [3.05, 3.63) is 23.9 Å². The Morgan fingerprint density at radius 1 is 1.40 bits per heavy atom. The first-order valence-corrected chi connectivity index (χ1v) is 4.78. The Hall–Kier alpha value is -1.58. The summed E-state index contributed by atoms with van der Waals surface area (Å²) in [5, 5.41) is 2.56. The van der Waals surface area contributed by atoms with E-state index in [0.29, 0.717) is 24.3 Å². The van der Waals surface area contributed by atoms with Crippen LogP contribution in [0.4, 0.5) is 0 Å². The summed E-state index contributed by atoms with van der Waals surface area (Å²) in [4.78, 5) is 22.3. The molecule has 0 atom stereocenters. The summed E-state index contributed by atoms with van der Waals surface area (Å²) in [5.74, 6) is -0.623. The van der Waals surface area contributed by atoms with Crippen molar-refractivity contribution in [1.82, 2.24) is 5.32 Å². The van der Waals surface area contributed by atoms with E-state index >= 15 is 0 Å². The first-order valence-electron chi connectivity index (χ1n) is 4.78. The van der Waals surface area contributed by atoms with E-state index in [4.69, 9.17) is 4.74 Å². The lowest BCUT2D eigenvalue weighted by atomic mass is 10.1. The number of carbonyl (C=O) groups excluding carboxylic acids is 2. The summed E-state index contributed by atoms with van der Waals surface area (Å²) in [5.41, 5.74) is 0.947. The third kappa shape index (κ3) is 5.00. The van der Waals surface area contributed by atoms with E-state index in [1.165, 1.54) is 6.92 Å². The zero-order chi connectivity index (χ0) is 11.8. The van der Waals surface area contributed by atoms with Gasteiger partial charge in [0.05, 0.1) is 12.2 Å². The van der Waals surface area contributed by atoms with Crippen molar-refractivity contribution in [1.29, 1.82) is 0 Å². The first kappa shape index (κ1) is 13.4. The quantitative estimate of drug-likeness (QED) is 0.426. The lowest BCUT2D eigenvalue weighted by molar-refractivity contribution is -0.138. The SMILES string of the molecule is C=CC/C(C(=O)OCC)=C(\C)NC(C)=O. The molecule has 0 aliphatic carbocycles. The highest BCUT2D eigenvalue weighted by Crippen LogP contribution is 2.09. The van der Waals surface area contributed by atoms with Gasteiger partial charge in [-0.15, -0.1) is 6.58 Å². The Morgan fingerprint density at radius 2 is 2.00 bits per heavy atom. The van der Waals surface area contributed by atoms with Gasteiger partial charge in [0.15, 0.2) is 0 Å². The summed E-state index contributed by atoms with van der Waals surface area (Å²) in [6.45, 7) is 8.65. The number of carbonyl (C=O) groups is 2. The van der Waals surface area contributed by atoms with Gasteiger partial charge in [0, 0.05) is 12.6 Å². The summed E-state index contributed by atoms with van der Waals surface area (Å²) in [6, 6.07) is 0. The van der Waals surface area contributed by atoms with Crippen LogP contribution in [0.15, 0.2) is 23.9 Å². The van der Waals surface area contributed by atoms with Crippen LogP contribution in [0.2, 0.25) is 0 Å². The molecule has 4 nitrogen and oxygen atoms in total. The van der Waals surface area contributed by atoms with Gasteiger partial charge in [0.1, 0.15) is 0 Å². The van der Waals surface area contributed by atoms with Crippen molar-refractivity contribution < 1.29 is 14.3 Å². The molecule has 1 amide bonds. The van der Waals surface area contributed by atoms with E-state index in [0.717, 1.165) is 0 Å². The number of hydrogen-bond donors (Lipinski definition) is 1. The molecule has 0 fully saturated rings. The van der Waals surface area contributed by atoms with E-state index < -0.39 is 5.97 Å². The average molecular weight is 211 g/mol. The lowest BCUT2D eigenvalue weighted by Crippen LogP contribution is -2.22. The van der Waals surface area contributed by atoms with Crippen LogP contribution in [0, 0.1) is 0 Å². The van der Waals surface area contributed by atoms with Crippen molar-refractivity contribution in [3.63, 3.8) is 0 Å². The Bertz CT molecular complexity index is 292. The Morgan fingerprint density at radius 3 is 2.40 bits per heavy atom. The summed E-state index contributed by atoms with van der Waals surface area (Å²) in [6.07, 6.45) is 1.97. The molecule has 4 heteroatoms. The van der Waals surface area contributed by atoms with Crippen LogP contribution < -0.4 is 5.32 Å². The topological polar surface area (TPSA) is 55.4 Å². The predicted octanol–water partition coefficient (Wildman–Crippen LogP) is 1.54. The van der Waals surface area contributed by atoms with Crippen molar-refractivity contribution in [2.24, 2.45) is 0 Å². The third-order valence-electron chi connectivity index (χ3n) is 1.69. The highest BCUT2D eigenvalue weighted by Gasteiger charge is 2.13. The van der Waals surface area contributed by atoms with Crippen LogP contribution in [0.5, 0.6) is 0 Å². The zero-order valence-corrected chi connectivity index (χ0v) is 9.42. The molecule has 0 heterocycles. The minimum atomic E-state index is -0.413. The van der Waals surface area contributed by atoms with E-state index in [-0.39, 0.29) is 5.91 Å². The maximum atomic E-state index is 11.5. The van der Waals surface area contributed by atoms with Gasteiger partial charge >= 0.3 is 5.97 Å². The van der Waals surface area contributed by atoms with E-state index in [2.05, 4.69) is 11.9 Å². The molecule has 0 aromatic heterocycles. The van der Waals surface area contributed by atoms with E-state index in [9.17, 15) is 9.59 Å². The predicted molar refractivity (Wildman–Crippen MR) is 58.0 cm³/mol. The monoisotopic (exact) mass is 211 g/mol. The van der Waals surface area contributed by atoms with Crippen LogP contribution in [-0.2, 0) is 14.3 Å². The summed E-state index contributed by atoms with van der Waals surface area (Å²) >= 11 is 0. The van der Waals surface area contributed by atoms with Crippen LogP contribution in [0.25, 0.3) is 0 Å². The minimum absolute atomic E-state index is 0.210. The Balaban J connectivity index is 4.82. The van der Waals surface area contributed by atoms with Crippen LogP contribution in [0.3, 0.4) is 0 Å². The molecule has 0 spiro atoms. The molecule has 0 bridgehead atoms. The number of nitrogens with one attached hydrogen (secondary N) is 1. The Kier molecular flexibility index (Phi) is 6.09. The molecule has 0 unspecified atom stereocenters. The first-order chi connectivity index (χ1) is 7.02. The number of esters is 1. The second-order valence-electron chi connectivity index (χ2n) is 3.00. The summed E-state index contributed by atoms with van der Waals surface area (Å²) in [7, 11) is 0. The van der Waals surface area contributed by atoms with Gasteiger partial charge in [-0.2, -0.15) is 0 Å². The largest absolute Gasteiger partial charge is 0.463 e. The van der Waals surface area contributed by atoms with Gasteiger partial charge < -0.3 is 10.1 Å². The van der Waals surface area contributed by atoms with Crippen LogP contribution in [0.1, 0.15) is 27.2 Å². The normalized spacial score (nSPS) is 11.4. The number of rotatable bonds is 5. The molecule has 1 N–H and O–H groups in total. The molecule has 0 rings (SSSR count). The fourth-order valence-corrected chi connectivity index (χ4v) is 1.09. The second-order valence-corrected chi connectivity index (χ2v) is 3.00. The van der Waals surface area contributed by atoms with Crippen LogP contribution in [-0.4, -0.2) is 18.5 Å². The molecule has 84 valence electrons. The van der Waals surface area contributed by atoms with Gasteiger partial charge in [-0.3, -0.25) is 4.79 Å². The molecular formula is C11H17NO3. The molecule has 0 aromatic carbocycles. The van der Waals surface area contributed by atoms with Crippen LogP contribution >= 0.6 is 0 Å². The van der Waals surface area contributed by atoms with Gasteiger partial charge in [-0.05, 0) is 20.3 Å². The lowest BCUT2D eigenvalue weighted by Gasteiger charge is -2.09. The van der Waals surface area contributed by atoms with E-state index in [1.54, 1.807) is 19.9 Å². The standard InChI is InChI=1S/C11H17NO3/c1-5-7-10(11(14)15-6-2)8(3)12-9(4)13/h5H,1,6-7H2,2-4H3,(H,12,13)/b10-8-. The van der Waals surface area contributed by atoms with Crippen molar-refractivity contribution in [2.45, 2.75) is 27.2 Å². The van der Waals surface area contributed by atoms with Gasteiger partial charge in [-0.1, -0.05) is 6.08 Å². The third-order valence-corrected chi connectivity index (χ3v) is 1.69. The fraction of sp³-hybridized carbons (Fsp3) is 0.455. The smallest absolute Gasteiger partial charge is 0.336 e. The molecule has 0 saturated heterocycles. The number of ether oxygens (including phenoxy) is 1. The van der Waals surface area contributed by atoms with Gasteiger partial charge in [0.2, 0.25) is 5.91 Å². The van der Waals surface area contributed by atoms with Crippen molar-refractivity contribution in [3.8, 4) is 0 Å². The highest BCUT2D eigenvalue weighted by atomic mass is 16.5. The number of hydrogen-bond acceptors (Lipinski definition) is 3. The summed E-state index contributed by atoms with van der Waals surface area (Å²) < 4.78 is 4.86. The second kappa shape index (κ2) is 6.81. The van der Waals surface area contributed by atoms with Gasteiger partial charge in [-0.25, -0.2) is 4.79 Å². The zero-order valence-electron chi connectivity index (χ0n) is 9.42. The minimum Gasteiger partial charge on any atom is -0.463 e. The molecule has 0 aliphatic rings. The molecular weight excluding hydrogens is 194 g/mol. The molecule has 0 saturated carbocycles.